The Hall–Kier alpha value is -1.30. The quantitative estimate of drug-likeness (QED) is 0.925. The molecule has 1 aromatic rings. The lowest BCUT2D eigenvalue weighted by molar-refractivity contribution is -0.136. The lowest BCUT2D eigenvalue weighted by Gasteiger charge is -2.14. The highest BCUT2D eigenvalue weighted by molar-refractivity contribution is 9.10. The first-order valence-electron chi connectivity index (χ1n) is 4.31. The number of methoxy groups -OCH3 is 2. The van der Waals surface area contributed by atoms with E-state index in [0.717, 1.165) is 6.07 Å². The van der Waals surface area contributed by atoms with Gasteiger partial charge in [-0.2, -0.15) is 0 Å². The molecule has 0 bridgehead atoms. The standard InChI is InChI=1S/C10H10BrFO4/c1-15-9-5(3-8(13)14)7(12)4-6(11)10(9)16-2/h4H,3H2,1-2H3,(H,13,14). The maximum absolute atomic E-state index is 13.5. The summed E-state index contributed by atoms with van der Waals surface area (Å²) in [5.74, 6) is -1.41. The summed E-state index contributed by atoms with van der Waals surface area (Å²) in [5.41, 5.74) is -0.0324. The van der Waals surface area contributed by atoms with Gasteiger partial charge in [-0.05, 0) is 22.0 Å². The molecule has 6 heteroatoms. The molecule has 0 amide bonds. The molecule has 0 saturated heterocycles. The largest absolute Gasteiger partial charge is 0.492 e. The predicted octanol–water partition coefficient (Wildman–Crippen LogP) is 2.23. The van der Waals surface area contributed by atoms with E-state index in [4.69, 9.17) is 14.6 Å². The summed E-state index contributed by atoms with van der Waals surface area (Å²) < 4.78 is 23.9. The van der Waals surface area contributed by atoms with Crippen LogP contribution in [0.1, 0.15) is 5.56 Å². The van der Waals surface area contributed by atoms with Gasteiger partial charge in [-0.15, -0.1) is 0 Å². The van der Waals surface area contributed by atoms with Crippen molar-refractivity contribution in [3.63, 3.8) is 0 Å². The third-order valence-corrected chi connectivity index (χ3v) is 2.56. The number of ether oxygens (including phenoxy) is 2. The number of aliphatic carboxylic acids is 1. The van der Waals surface area contributed by atoms with Crippen molar-refractivity contribution < 1.29 is 23.8 Å². The molecule has 0 radical (unpaired) electrons. The Labute approximate surface area is 100 Å². The normalized spacial score (nSPS) is 10.0. The van der Waals surface area contributed by atoms with Gasteiger partial charge in [-0.25, -0.2) is 4.39 Å². The third kappa shape index (κ3) is 2.44. The van der Waals surface area contributed by atoms with Crippen molar-refractivity contribution in [3.05, 3.63) is 21.9 Å². The highest BCUT2D eigenvalue weighted by Crippen LogP contribution is 2.39. The summed E-state index contributed by atoms with van der Waals surface area (Å²) in [7, 11) is 2.72. The molecule has 4 nitrogen and oxygen atoms in total. The zero-order valence-electron chi connectivity index (χ0n) is 8.71. The highest BCUT2D eigenvalue weighted by atomic mass is 79.9. The van der Waals surface area contributed by atoms with Crippen molar-refractivity contribution >= 4 is 21.9 Å². The van der Waals surface area contributed by atoms with Crippen LogP contribution >= 0.6 is 15.9 Å². The van der Waals surface area contributed by atoms with Gasteiger partial charge in [-0.1, -0.05) is 0 Å². The van der Waals surface area contributed by atoms with Crippen LogP contribution in [0.2, 0.25) is 0 Å². The van der Waals surface area contributed by atoms with Gasteiger partial charge in [0.2, 0.25) is 0 Å². The summed E-state index contributed by atoms with van der Waals surface area (Å²) in [4.78, 5) is 10.6. The number of rotatable bonds is 4. The number of carbonyl (C=O) groups is 1. The minimum absolute atomic E-state index is 0.0324. The molecule has 0 unspecified atom stereocenters. The van der Waals surface area contributed by atoms with Crippen molar-refractivity contribution in [3.8, 4) is 11.5 Å². The average Bonchev–Trinajstić information content (AvgIpc) is 2.20. The molecular weight excluding hydrogens is 283 g/mol. The lowest BCUT2D eigenvalue weighted by atomic mass is 10.1. The summed E-state index contributed by atoms with van der Waals surface area (Å²) in [6, 6.07) is 1.15. The second-order valence-corrected chi connectivity index (χ2v) is 3.81. The molecule has 0 aliphatic heterocycles. The molecular formula is C10H10BrFO4. The van der Waals surface area contributed by atoms with Crippen molar-refractivity contribution in [2.75, 3.05) is 14.2 Å². The smallest absolute Gasteiger partial charge is 0.308 e. The first kappa shape index (κ1) is 12.8. The number of hydrogen-bond donors (Lipinski definition) is 1. The Balaban J connectivity index is 3.39. The molecule has 0 heterocycles. The topological polar surface area (TPSA) is 55.8 Å². The fraction of sp³-hybridized carbons (Fsp3) is 0.300. The van der Waals surface area contributed by atoms with Crippen molar-refractivity contribution in [1.82, 2.24) is 0 Å². The zero-order valence-corrected chi connectivity index (χ0v) is 10.3. The molecule has 0 aliphatic carbocycles. The maximum Gasteiger partial charge on any atom is 0.308 e. The fourth-order valence-corrected chi connectivity index (χ4v) is 1.88. The van der Waals surface area contributed by atoms with Gasteiger partial charge in [0.15, 0.2) is 11.5 Å². The molecule has 0 aromatic heterocycles. The van der Waals surface area contributed by atoms with Crippen LogP contribution in [0, 0.1) is 5.82 Å². The van der Waals surface area contributed by atoms with E-state index in [-0.39, 0.29) is 17.1 Å². The first-order valence-corrected chi connectivity index (χ1v) is 5.11. The second-order valence-electron chi connectivity index (χ2n) is 2.96. The van der Waals surface area contributed by atoms with E-state index in [2.05, 4.69) is 15.9 Å². The van der Waals surface area contributed by atoms with Gasteiger partial charge >= 0.3 is 5.97 Å². The Morgan fingerprint density at radius 2 is 2.00 bits per heavy atom. The van der Waals surface area contributed by atoms with Crippen LogP contribution in [0.3, 0.4) is 0 Å². The fourth-order valence-electron chi connectivity index (χ4n) is 1.34. The SMILES string of the molecule is COc1c(Br)cc(F)c(CC(=O)O)c1OC. The minimum Gasteiger partial charge on any atom is -0.492 e. The van der Waals surface area contributed by atoms with Gasteiger partial charge in [0.05, 0.1) is 25.1 Å². The molecule has 0 aliphatic rings. The summed E-state index contributed by atoms with van der Waals surface area (Å²) in [6.07, 6.45) is -0.460. The third-order valence-electron chi connectivity index (χ3n) is 1.98. The van der Waals surface area contributed by atoms with Crippen molar-refractivity contribution in [2.24, 2.45) is 0 Å². The Kier molecular flexibility index (Phi) is 4.12. The van der Waals surface area contributed by atoms with Crippen LogP contribution in [-0.4, -0.2) is 25.3 Å². The van der Waals surface area contributed by atoms with E-state index in [0.29, 0.717) is 4.47 Å². The van der Waals surface area contributed by atoms with Crippen LogP contribution in [0.15, 0.2) is 10.5 Å². The van der Waals surface area contributed by atoms with Gasteiger partial charge < -0.3 is 14.6 Å². The first-order chi connectivity index (χ1) is 7.51. The molecule has 1 aromatic carbocycles. The highest BCUT2D eigenvalue weighted by Gasteiger charge is 2.20. The van der Waals surface area contributed by atoms with Crippen molar-refractivity contribution in [1.29, 1.82) is 0 Å². The average molecular weight is 293 g/mol. The van der Waals surface area contributed by atoms with E-state index < -0.39 is 18.2 Å². The Morgan fingerprint density at radius 3 is 2.44 bits per heavy atom. The van der Waals surface area contributed by atoms with Gasteiger partial charge in [-0.3, -0.25) is 4.79 Å². The molecule has 1 N–H and O–H groups in total. The van der Waals surface area contributed by atoms with Crippen LogP contribution in [0.5, 0.6) is 11.5 Å². The second kappa shape index (κ2) is 5.16. The number of carboxylic acids is 1. The molecule has 0 saturated carbocycles. The molecule has 88 valence electrons. The number of benzene rings is 1. The number of hydrogen-bond acceptors (Lipinski definition) is 3. The molecule has 0 spiro atoms. The van der Waals surface area contributed by atoms with Crippen LogP contribution < -0.4 is 9.47 Å². The van der Waals surface area contributed by atoms with E-state index in [9.17, 15) is 9.18 Å². The molecule has 1 rings (SSSR count). The summed E-state index contributed by atoms with van der Waals surface area (Å²) in [5, 5.41) is 8.67. The van der Waals surface area contributed by atoms with E-state index in [1.54, 1.807) is 0 Å². The van der Waals surface area contributed by atoms with Gasteiger partial charge in [0.25, 0.3) is 0 Å². The number of carboxylic acid groups (broad SMARTS) is 1. The van der Waals surface area contributed by atoms with E-state index in [1.807, 2.05) is 0 Å². The van der Waals surface area contributed by atoms with Crippen LogP contribution in [0.4, 0.5) is 4.39 Å². The van der Waals surface area contributed by atoms with Crippen molar-refractivity contribution in [2.45, 2.75) is 6.42 Å². The minimum atomic E-state index is -1.14. The Morgan fingerprint density at radius 1 is 1.44 bits per heavy atom. The van der Waals surface area contributed by atoms with Gasteiger partial charge in [0, 0.05) is 5.56 Å². The molecule has 0 atom stereocenters. The zero-order chi connectivity index (χ0) is 12.3. The van der Waals surface area contributed by atoms with Gasteiger partial charge in [0.1, 0.15) is 5.82 Å². The van der Waals surface area contributed by atoms with E-state index in [1.165, 1.54) is 14.2 Å². The van der Waals surface area contributed by atoms with Crippen LogP contribution in [0.25, 0.3) is 0 Å². The Bertz CT molecular complexity index is 420. The monoisotopic (exact) mass is 292 g/mol. The number of halogens is 2. The predicted molar refractivity (Wildman–Crippen MR) is 58.5 cm³/mol. The molecule has 0 fully saturated rings. The van der Waals surface area contributed by atoms with Crippen LogP contribution in [-0.2, 0) is 11.2 Å². The summed E-state index contributed by atoms with van der Waals surface area (Å²) >= 11 is 3.11. The molecule has 16 heavy (non-hydrogen) atoms. The van der Waals surface area contributed by atoms with E-state index >= 15 is 0 Å². The lowest BCUT2D eigenvalue weighted by Crippen LogP contribution is -2.06. The summed E-state index contributed by atoms with van der Waals surface area (Å²) in [6.45, 7) is 0. The maximum atomic E-state index is 13.5.